The van der Waals surface area contributed by atoms with Crippen molar-refractivity contribution >= 4 is 23.0 Å². The molecule has 0 saturated heterocycles. The topological polar surface area (TPSA) is 52.6 Å². The Morgan fingerprint density at radius 1 is 1.23 bits per heavy atom. The summed E-state index contributed by atoms with van der Waals surface area (Å²) >= 11 is 0.919. The summed E-state index contributed by atoms with van der Waals surface area (Å²) < 4.78 is 51.6. The number of thiazole rings is 1. The van der Waals surface area contributed by atoms with E-state index in [0.29, 0.717) is 28.8 Å². The van der Waals surface area contributed by atoms with Crippen molar-refractivity contribution in [2.75, 3.05) is 26.0 Å². The average molecular weight is 389 g/mol. The Morgan fingerprint density at radius 3 is 2.46 bits per heavy atom. The van der Waals surface area contributed by atoms with Crippen LogP contribution in [0.15, 0.2) is 28.6 Å². The van der Waals surface area contributed by atoms with Gasteiger partial charge in [0.2, 0.25) is 0 Å². The number of hydrogen-bond acceptors (Lipinski definition) is 4. The van der Waals surface area contributed by atoms with E-state index in [1.807, 2.05) is 0 Å². The van der Waals surface area contributed by atoms with Gasteiger partial charge in [-0.05, 0) is 17.7 Å². The number of benzene rings is 1. The highest BCUT2D eigenvalue weighted by Gasteiger charge is 2.33. The number of halogens is 4. The Labute approximate surface area is 152 Å². The van der Waals surface area contributed by atoms with Gasteiger partial charge in [-0.15, -0.1) is 11.3 Å². The standard InChI is InChI=1S/C16H19F4N5S/c1-21-15(23-8-14-24-13(9-26-14)16(18,19)20)22-7-10-4-5-12(25(2)3)11(17)6-10/h4-6,9H,7-8H2,1-3H3,(H2,21,22,23). The first-order chi connectivity index (χ1) is 12.2. The van der Waals surface area contributed by atoms with Crippen LogP contribution in [-0.4, -0.2) is 32.1 Å². The molecule has 0 radical (unpaired) electrons. The van der Waals surface area contributed by atoms with Crippen LogP contribution in [0.4, 0.5) is 23.2 Å². The molecule has 1 aromatic carbocycles. The number of aliphatic imine (C=N–C) groups is 1. The van der Waals surface area contributed by atoms with Crippen LogP contribution in [0.3, 0.4) is 0 Å². The van der Waals surface area contributed by atoms with Crippen LogP contribution < -0.4 is 15.5 Å². The fraction of sp³-hybridized carbons (Fsp3) is 0.375. The van der Waals surface area contributed by atoms with Gasteiger partial charge >= 0.3 is 6.18 Å². The molecule has 0 spiro atoms. The summed E-state index contributed by atoms with van der Waals surface area (Å²) in [6.07, 6.45) is -4.45. The summed E-state index contributed by atoms with van der Waals surface area (Å²) in [5.41, 5.74) is 0.295. The average Bonchev–Trinajstić information content (AvgIpc) is 3.04. The highest BCUT2D eigenvalue weighted by atomic mass is 32.1. The minimum Gasteiger partial charge on any atom is -0.375 e. The Balaban J connectivity index is 1.90. The molecule has 142 valence electrons. The van der Waals surface area contributed by atoms with Crippen LogP contribution in [-0.2, 0) is 19.3 Å². The fourth-order valence-electron chi connectivity index (χ4n) is 2.11. The van der Waals surface area contributed by atoms with Gasteiger partial charge in [-0.2, -0.15) is 13.2 Å². The zero-order valence-corrected chi connectivity index (χ0v) is 15.3. The molecule has 2 aromatic rings. The number of hydrogen-bond donors (Lipinski definition) is 2. The predicted molar refractivity (Wildman–Crippen MR) is 94.9 cm³/mol. The second-order valence-electron chi connectivity index (χ2n) is 5.58. The predicted octanol–water partition coefficient (Wildman–Crippen LogP) is 3.23. The van der Waals surface area contributed by atoms with Gasteiger partial charge in [-0.3, -0.25) is 4.99 Å². The number of nitrogens with one attached hydrogen (secondary N) is 2. The van der Waals surface area contributed by atoms with E-state index >= 15 is 0 Å². The Bertz CT molecular complexity index is 770. The largest absolute Gasteiger partial charge is 0.434 e. The van der Waals surface area contributed by atoms with E-state index < -0.39 is 11.9 Å². The molecule has 1 heterocycles. The summed E-state index contributed by atoms with van der Waals surface area (Å²) in [5, 5.41) is 7.13. The molecule has 0 saturated carbocycles. The van der Waals surface area contributed by atoms with Crippen molar-refractivity contribution in [1.82, 2.24) is 15.6 Å². The Kier molecular flexibility index (Phi) is 6.41. The number of guanidine groups is 1. The van der Waals surface area contributed by atoms with Crippen molar-refractivity contribution in [2.24, 2.45) is 4.99 Å². The van der Waals surface area contributed by atoms with Crippen LogP contribution in [0.1, 0.15) is 16.3 Å². The lowest BCUT2D eigenvalue weighted by Crippen LogP contribution is -2.36. The van der Waals surface area contributed by atoms with Crippen LogP contribution in [0.5, 0.6) is 0 Å². The number of rotatable bonds is 5. The molecule has 0 amide bonds. The van der Waals surface area contributed by atoms with Crippen molar-refractivity contribution in [3.05, 3.63) is 45.7 Å². The summed E-state index contributed by atoms with van der Waals surface area (Å²) in [4.78, 5) is 9.20. The van der Waals surface area contributed by atoms with E-state index in [4.69, 9.17) is 0 Å². The molecule has 10 heteroatoms. The van der Waals surface area contributed by atoms with Crippen molar-refractivity contribution in [3.63, 3.8) is 0 Å². The van der Waals surface area contributed by atoms with Gasteiger partial charge in [0.15, 0.2) is 11.7 Å². The molecule has 2 rings (SSSR count). The highest BCUT2D eigenvalue weighted by Crippen LogP contribution is 2.29. The molecule has 0 atom stereocenters. The first-order valence-electron chi connectivity index (χ1n) is 7.62. The zero-order chi connectivity index (χ0) is 19.3. The van der Waals surface area contributed by atoms with Gasteiger partial charge in [-0.1, -0.05) is 6.07 Å². The lowest BCUT2D eigenvalue weighted by atomic mass is 10.2. The monoisotopic (exact) mass is 389 g/mol. The molecule has 2 N–H and O–H groups in total. The first-order valence-corrected chi connectivity index (χ1v) is 8.50. The van der Waals surface area contributed by atoms with Crippen LogP contribution >= 0.6 is 11.3 Å². The van der Waals surface area contributed by atoms with Crippen LogP contribution in [0.2, 0.25) is 0 Å². The maximum Gasteiger partial charge on any atom is 0.434 e. The third-order valence-corrected chi connectivity index (χ3v) is 4.28. The fourth-order valence-corrected chi connectivity index (χ4v) is 2.85. The SMILES string of the molecule is CN=C(NCc1ccc(N(C)C)c(F)c1)NCc1nc(C(F)(F)F)cs1. The molecule has 0 aliphatic carbocycles. The maximum atomic E-state index is 14.0. The van der Waals surface area contributed by atoms with E-state index in [9.17, 15) is 17.6 Å². The molecular weight excluding hydrogens is 370 g/mol. The molecular formula is C16H19F4N5S. The van der Waals surface area contributed by atoms with Gasteiger partial charge in [0.05, 0.1) is 12.2 Å². The summed E-state index contributed by atoms with van der Waals surface area (Å²) in [6.45, 7) is 0.421. The number of anilines is 1. The summed E-state index contributed by atoms with van der Waals surface area (Å²) in [6, 6.07) is 4.89. The number of nitrogens with zero attached hydrogens (tertiary/aromatic N) is 3. The number of alkyl halides is 3. The van der Waals surface area contributed by atoms with E-state index in [2.05, 4.69) is 20.6 Å². The van der Waals surface area contributed by atoms with Crippen molar-refractivity contribution in [2.45, 2.75) is 19.3 Å². The Morgan fingerprint density at radius 2 is 1.92 bits per heavy atom. The first kappa shape index (κ1) is 20.0. The van der Waals surface area contributed by atoms with E-state index in [0.717, 1.165) is 16.7 Å². The van der Waals surface area contributed by atoms with Gasteiger partial charge in [0.1, 0.15) is 10.8 Å². The second-order valence-corrected chi connectivity index (χ2v) is 6.53. The molecule has 0 unspecified atom stereocenters. The van der Waals surface area contributed by atoms with Crippen LogP contribution in [0.25, 0.3) is 0 Å². The minimum atomic E-state index is -4.45. The third-order valence-electron chi connectivity index (χ3n) is 3.43. The number of aromatic nitrogens is 1. The van der Waals surface area contributed by atoms with E-state index in [-0.39, 0.29) is 12.4 Å². The highest BCUT2D eigenvalue weighted by molar-refractivity contribution is 7.09. The molecule has 5 nitrogen and oxygen atoms in total. The lowest BCUT2D eigenvalue weighted by Gasteiger charge is -2.15. The normalized spacial score (nSPS) is 12.2. The lowest BCUT2D eigenvalue weighted by molar-refractivity contribution is -0.140. The van der Waals surface area contributed by atoms with Gasteiger partial charge < -0.3 is 15.5 Å². The van der Waals surface area contributed by atoms with Crippen molar-refractivity contribution in [1.29, 1.82) is 0 Å². The zero-order valence-electron chi connectivity index (χ0n) is 14.5. The second kappa shape index (κ2) is 8.35. The maximum absolute atomic E-state index is 14.0. The summed E-state index contributed by atoms with van der Waals surface area (Å²) in [7, 11) is 5.05. The molecule has 1 aromatic heterocycles. The van der Waals surface area contributed by atoms with Gasteiger partial charge in [-0.25, -0.2) is 9.37 Å². The third kappa shape index (κ3) is 5.32. The van der Waals surface area contributed by atoms with E-state index in [1.54, 1.807) is 31.1 Å². The van der Waals surface area contributed by atoms with Crippen molar-refractivity contribution < 1.29 is 17.6 Å². The summed E-state index contributed by atoms with van der Waals surface area (Å²) in [5.74, 6) is 0.0468. The molecule has 26 heavy (non-hydrogen) atoms. The van der Waals surface area contributed by atoms with Crippen molar-refractivity contribution in [3.8, 4) is 0 Å². The molecule has 0 fully saturated rings. The van der Waals surface area contributed by atoms with Gasteiger partial charge in [0.25, 0.3) is 0 Å². The minimum absolute atomic E-state index is 0.106. The smallest absolute Gasteiger partial charge is 0.375 e. The quantitative estimate of drug-likeness (QED) is 0.468. The van der Waals surface area contributed by atoms with Crippen LogP contribution in [0, 0.1) is 5.82 Å². The molecule has 0 aliphatic heterocycles. The van der Waals surface area contributed by atoms with Gasteiger partial charge in [0, 0.05) is 33.1 Å². The van der Waals surface area contributed by atoms with E-state index in [1.165, 1.54) is 13.1 Å². The Hall–Kier alpha value is -2.36. The molecule has 0 aliphatic rings. The molecule has 0 bridgehead atoms.